The topological polar surface area (TPSA) is 64.0 Å². The zero-order chi connectivity index (χ0) is 13.3. The van der Waals surface area contributed by atoms with Crippen LogP contribution in [0.1, 0.15) is 5.56 Å². The van der Waals surface area contributed by atoms with Crippen LogP contribution in [0.4, 0.5) is 5.69 Å². The van der Waals surface area contributed by atoms with Crippen molar-refractivity contribution in [1.29, 1.82) is 0 Å². The summed E-state index contributed by atoms with van der Waals surface area (Å²) in [5.41, 5.74) is 1.48. The van der Waals surface area contributed by atoms with Crippen molar-refractivity contribution in [2.75, 3.05) is 4.72 Å². The normalized spacial score (nSPS) is 11.5. The highest BCUT2D eigenvalue weighted by Gasteiger charge is 2.18. The smallest absolute Gasteiger partial charge is 0.278 e. The van der Waals surface area contributed by atoms with E-state index >= 15 is 0 Å². The van der Waals surface area contributed by atoms with Gasteiger partial charge < -0.3 is 0 Å². The molecule has 1 heterocycles. The number of sulfonamides is 1. The molecule has 0 aliphatic rings. The van der Waals surface area contributed by atoms with Crippen LogP contribution in [0.15, 0.2) is 40.0 Å². The van der Waals surface area contributed by atoms with Gasteiger partial charge >= 0.3 is 0 Å². The highest BCUT2D eigenvalue weighted by molar-refractivity contribution is 9.10. The van der Waals surface area contributed by atoms with Crippen LogP contribution in [-0.4, -0.2) is 18.2 Å². The molecule has 1 N–H and O–H groups in total. The van der Waals surface area contributed by atoms with Gasteiger partial charge in [0.25, 0.3) is 10.0 Å². The predicted molar refractivity (Wildman–Crippen MR) is 72.9 cm³/mol. The second kappa shape index (κ2) is 4.74. The van der Waals surface area contributed by atoms with Crippen LogP contribution in [-0.2, 0) is 17.1 Å². The molecule has 2 aromatic rings. The number of aromatic nitrogens is 2. The Kier molecular flexibility index (Phi) is 3.45. The van der Waals surface area contributed by atoms with Crippen LogP contribution in [0.5, 0.6) is 0 Å². The van der Waals surface area contributed by atoms with Crippen molar-refractivity contribution in [1.82, 2.24) is 9.78 Å². The second-order valence-corrected chi connectivity index (χ2v) is 6.46. The van der Waals surface area contributed by atoms with Crippen molar-refractivity contribution < 1.29 is 8.42 Å². The lowest BCUT2D eigenvalue weighted by Gasteiger charge is -2.09. The molecule has 2 rings (SSSR count). The Labute approximate surface area is 114 Å². The molecule has 0 unspecified atom stereocenters. The maximum absolute atomic E-state index is 12.1. The van der Waals surface area contributed by atoms with Crippen molar-refractivity contribution >= 4 is 31.6 Å². The Balaban J connectivity index is 2.37. The molecule has 1 aromatic carbocycles. The van der Waals surface area contributed by atoms with E-state index in [4.69, 9.17) is 0 Å². The van der Waals surface area contributed by atoms with Crippen molar-refractivity contribution in [3.63, 3.8) is 0 Å². The summed E-state index contributed by atoms with van der Waals surface area (Å²) in [7, 11) is -2.02. The number of nitrogens with one attached hydrogen (secondary N) is 1. The van der Waals surface area contributed by atoms with E-state index in [-0.39, 0.29) is 5.03 Å². The number of rotatable bonds is 3. The molecule has 0 bridgehead atoms. The second-order valence-electron chi connectivity index (χ2n) is 3.92. The lowest BCUT2D eigenvalue weighted by atomic mass is 10.2. The Morgan fingerprint density at radius 1 is 1.33 bits per heavy atom. The van der Waals surface area contributed by atoms with Crippen molar-refractivity contribution in [3.05, 3.63) is 40.5 Å². The Morgan fingerprint density at radius 2 is 2.06 bits per heavy atom. The molecule has 0 aliphatic heterocycles. The van der Waals surface area contributed by atoms with Gasteiger partial charge in [-0.05, 0) is 36.8 Å². The summed E-state index contributed by atoms with van der Waals surface area (Å²) >= 11 is 3.33. The van der Waals surface area contributed by atoms with Gasteiger partial charge in [0.15, 0.2) is 5.03 Å². The lowest BCUT2D eigenvalue weighted by molar-refractivity contribution is 0.582. The Bertz CT molecular complexity index is 659. The van der Waals surface area contributed by atoms with Crippen LogP contribution in [0.25, 0.3) is 0 Å². The van der Waals surface area contributed by atoms with E-state index in [9.17, 15) is 8.42 Å². The van der Waals surface area contributed by atoms with Crippen LogP contribution in [0.3, 0.4) is 0 Å². The van der Waals surface area contributed by atoms with E-state index < -0.39 is 10.0 Å². The molecule has 0 fully saturated rings. The van der Waals surface area contributed by atoms with E-state index in [1.807, 2.05) is 13.0 Å². The molecule has 0 spiro atoms. The number of halogens is 1. The van der Waals surface area contributed by atoms with Crippen LogP contribution < -0.4 is 4.72 Å². The van der Waals surface area contributed by atoms with Crippen molar-refractivity contribution in [3.8, 4) is 0 Å². The highest BCUT2D eigenvalue weighted by atomic mass is 79.9. The minimum atomic E-state index is -3.60. The SMILES string of the molecule is Cc1cc(Br)cc(NS(=O)(=O)c2ccnn2C)c1. The Hall–Kier alpha value is -1.34. The number of hydrogen-bond donors (Lipinski definition) is 1. The number of aryl methyl sites for hydroxylation is 2. The van der Waals surface area contributed by atoms with Gasteiger partial charge in [-0.25, -0.2) is 0 Å². The van der Waals surface area contributed by atoms with Crippen molar-refractivity contribution in [2.45, 2.75) is 11.9 Å². The zero-order valence-electron chi connectivity index (χ0n) is 9.88. The minimum absolute atomic E-state index is 0.125. The molecule has 96 valence electrons. The predicted octanol–water partition coefficient (Wildman–Crippen LogP) is 2.29. The lowest BCUT2D eigenvalue weighted by Crippen LogP contribution is -2.16. The van der Waals surface area contributed by atoms with E-state index in [2.05, 4.69) is 25.8 Å². The molecule has 5 nitrogen and oxygen atoms in total. The van der Waals surface area contributed by atoms with Crippen LogP contribution >= 0.6 is 15.9 Å². The molecule has 0 atom stereocenters. The third-order valence-corrected chi connectivity index (χ3v) is 4.26. The molecule has 18 heavy (non-hydrogen) atoms. The quantitative estimate of drug-likeness (QED) is 0.939. The first-order chi connectivity index (χ1) is 8.38. The first-order valence-electron chi connectivity index (χ1n) is 5.16. The number of benzene rings is 1. The highest BCUT2D eigenvalue weighted by Crippen LogP contribution is 2.21. The summed E-state index contributed by atoms with van der Waals surface area (Å²) in [6, 6.07) is 6.83. The first-order valence-corrected chi connectivity index (χ1v) is 7.44. The fraction of sp³-hybridized carbons (Fsp3) is 0.182. The molecule has 0 aliphatic carbocycles. The van der Waals surface area contributed by atoms with Gasteiger partial charge in [0.05, 0.1) is 11.9 Å². The maximum Gasteiger partial charge on any atom is 0.279 e. The molecule has 0 saturated heterocycles. The largest absolute Gasteiger partial charge is 0.279 e. The summed E-state index contributed by atoms with van der Waals surface area (Å²) in [5, 5.41) is 3.97. The number of nitrogens with zero attached hydrogens (tertiary/aromatic N) is 2. The third-order valence-electron chi connectivity index (χ3n) is 2.35. The van der Waals surface area contributed by atoms with Gasteiger partial charge in [-0.1, -0.05) is 15.9 Å². The van der Waals surface area contributed by atoms with E-state index in [0.717, 1.165) is 10.0 Å². The molecule has 0 radical (unpaired) electrons. The summed E-state index contributed by atoms with van der Waals surface area (Å²) in [6.07, 6.45) is 1.45. The fourth-order valence-corrected chi connectivity index (χ4v) is 3.40. The summed E-state index contributed by atoms with van der Waals surface area (Å²) in [5.74, 6) is 0. The zero-order valence-corrected chi connectivity index (χ0v) is 12.3. The number of hydrogen-bond acceptors (Lipinski definition) is 3. The number of anilines is 1. The van der Waals surface area contributed by atoms with Gasteiger partial charge in [-0.3, -0.25) is 9.40 Å². The third kappa shape index (κ3) is 2.73. The van der Waals surface area contributed by atoms with Gasteiger partial charge in [-0.15, -0.1) is 0 Å². The van der Waals surface area contributed by atoms with Crippen LogP contribution in [0, 0.1) is 6.92 Å². The van der Waals surface area contributed by atoms with Gasteiger partial charge in [0, 0.05) is 11.5 Å². The average molecular weight is 330 g/mol. The maximum atomic E-state index is 12.1. The molecule has 0 saturated carbocycles. The van der Waals surface area contributed by atoms with E-state index in [0.29, 0.717) is 5.69 Å². The monoisotopic (exact) mass is 329 g/mol. The minimum Gasteiger partial charge on any atom is -0.278 e. The summed E-state index contributed by atoms with van der Waals surface area (Å²) in [6.45, 7) is 1.90. The molecule has 0 amide bonds. The van der Waals surface area contributed by atoms with Crippen molar-refractivity contribution in [2.24, 2.45) is 7.05 Å². The Morgan fingerprint density at radius 3 is 2.61 bits per heavy atom. The van der Waals surface area contributed by atoms with E-state index in [1.54, 1.807) is 19.2 Å². The standard InChI is InChI=1S/C11H12BrN3O2S/c1-8-5-9(12)7-10(6-8)14-18(16,17)11-3-4-13-15(11)2/h3-7,14H,1-2H3. The first kappa shape index (κ1) is 13.1. The molecule has 7 heteroatoms. The molecule has 1 aromatic heterocycles. The summed E-state index contributed by atoms with van der Waals surface area (Å²) < 4.78 is 28.9. The van der Waals surface area contributed by atoms with E-state index in [1.165, 1.54) is 16.9 Å². The van der Waals surface area contributed by atoms with Crippen LogP contribution in [0.2, 0.25) is 0 Å². The summed E-state index contributed by atoms with van der Waals surface area (Å²) in [4.78, 5) is 0. The van der Waals surface area contributed by atoms with Gasteiger partial charge in [-0.2, -0.15) is 13.5 Å². The van der Waals surface area contributed by atoms with Gasteiger partial charge in [0.2, 0.25) is 0 Å². The average Bonchev–Trinajstić information content (AvgIpc) is 2.62. The van der Waals surface area contributed by atoms with Gasteiger partial charge in [0.1, 0.15) is 0 Å². The molecular weight excluding hydrogens is 318 g/mol. The fourth-order valence-electron chi connectivity index (χ4n) is 1.63. The molecular formula is C11H12BrN3O2S.